The Hall–Kier alpha value is -0.910. The van der Waals surface area contributed by atoms with Gasteiger partial charge in [0, 0.05) is 19.1 Å². The average Bonchev–Trinajstić information content (AvgIpc) is 3.27. The Morgan fingerprint density at radius 3 is 2.57 bits per heavy atom. The number of sulfonamides is 1. The van der Waals surface area contributed by atoms with E-state index in [9.17, 15) is 8.42 Å². The maximum absolute atomic E-state index is 12.5. The number of rotatable bonds is 8. The van der Waals surface area contributed by atoms with E-state index in [4.69, 9.17) is 0 Å². The number of benzene rings is 1. The van der Waals surface area contributed by atoms with Gasteiger partial charge in [-0.3, -0.25) is 0 Å². The molecule has 0 spiro atoms. The van der Waals surface area contributed by atoms with Crippen LogP contribution in [0.15, 0.2) is 23.1 Å². The standard InChI is InChI=1S/C16H26N2O2S/c1-4-14-6-5-13(11-17-15-7-8-15)9-16(14)21(19,20)18-10-12(2)3/h5-6,9,12,15,17-18H,4,7-8,10-11H2,1-3H3. The number of nitrogens with one attached hydrogen (secondary N) is 2. The predicted octanol–water partition coefficient (Wildman–Crippen LogP) is 2.44. The molecule has 2 rings (SSSR count). The number of aryl methyl sites for hydroxylation is 1. The minimum atomic E-state index is -3.42. The van der Waals surface area contributed by atoms with Gasteiger partial charge in [0.15, 0.2) is 0 Å². The van der Waals surface area contributed by atoms with Crippen molar-refractivity contribution in [1.82, 2.24) is 10.0 Å². The van der Waals surface area contributed by atoms with E-state index in [1.807, 2.05) is 39.0 Å². The number of hydrogen-bond donors (Lipinski definition) is 2. The molecule has 0 aromatic heterocycles. The highest BCUT2D eigenvalue weighted by Gasteiger charge is 2.21. The molecule has 0 saturated heterocycles. The summed E-state index contributed by atoms with van der Waals surface area (Å²) in [6, 6.07) is 6.40. The molecule has 0 aliphatic heterocycles. The summed E-state index contributed by atoms with van der Waals surface area (Å²) in [6.45, 7) is 7.19. The van der Waals surface area contributed by atoms with Crippen LogP contribution >= 0.6 is 0 Å². The smallest absolute Gasteiger partial charge is 0.240 e. The van der Waals surface area contributed by atoms with Crippen LogP contribution in [0.25, 0.3) is 0 Å². The highest BCUT2D eigenvalue weighted by molar-refractivity contribution is 7.89. The summed E-state index contributed by atoms with van der Waals surface area (Å²) in [7, 11) is -3.42. The molecule has 1 saturated carbocycles. The van der Waals surface area contributed by atoms with E-state index < -0.39 is 10.0 Å². The average molecular weight is 310 g/mol. The molecular formula is C16H26N2O2S. The van der Waals surface area contributed by atoms with Gasteiger partial charge in [0.25, 0.3) is 0 Å². The Labute approximate surface area is 128 Å². The Bertz CT molecular complexity index is 578. The van der Waals surface area contributed by atoms with E-state index >= 15 is 0 Å². The molecule has 0 heterocycles. The molecule has 1 aromatic carbocycles. The Balaban J connectivity index is 2.19. The Morgan fingerprint density at radius 2 is 2.00 bits per heavy atom. The van der Waals surface area contributed by atoms with E-state index in [-0.39, 0.29) is 0 Å². The largest absolute Gasteiger partial charge is 0.310 e. The van der Waals surface area contributed by atoms with Crippen molar-refractivity contribution >= 4 is 10.0 Å². The van der Waals surface area contributed by atoms with Gasteiger partial charge in [0.05, 0.1) is 4.90 Å². The van der Waals surface area contributed by atoms with Crippen LogP contribution < -0.4 is 10.0 Å². The summed E-state index contributed by atoms with van der Waals surface area (Å²) >= 11 is 0. The molecule has 21 heavy (non-hydrogen) atoms. The molecule has 0 amide bonds. The van der Waals surface area contributed by atoms with Crippen molar-refractivity contribution < 1.29 is 8.42 Å². The summed E-state index contributed by atoms with van der Waals surface area (Å²) in [5, 5.41) is 3.42. The van der Waals surface area contributed by atoms with Crippen LogP contribution in [0.5, 0.6) is 0 Å². The molecular weight excluding hydrogens is 284 g/mol. The zero-order chi connectivity index (χ0) is 15.5. The van der Waals surface area contributed by atoms with Gasteiger partial charge in [0.2, 0.25) is 10.0 Å². The highest BCUT2D eigenvalue weighted by Crippen LogP contribution is 2.22. The van der Waals surface area contributed by atoms with E-state index in [2.05, 4.69) is 10.0 Å². The van der Waals surface area contributed by atoms with Gasteiger partial charge >= 0.3 is 0 Å². The fraction of sp³-hybridized carbons (Fsp3) is 0.625. The monoisotopic (exact) mass is 310 g/mol. The first-order valence-corrected chi connectivity index (χ1v) is 9.25. The lowest BCUT2D eigenvalue weighted by atomic mass is 10.1. The van der Waals surface area contributed by atoms with Crippen LogP contribution in [0.3, 0.4) is 0 Å². The topological polar surface area (TPSA) is 58.2 Å². The second-order valence-electron chi connectivity index (χ2n) is 6.20. The zero-order valence-electron chi connectivity index (χ0n) is 13.1. The summed E-state index contributed by atoms with van der Waals surface area (Å²) in [5.41, 5.74) is 1.91. The fourth-order valence-corrected chi connectivity index (χ4v) is 3.73. The SMILES string of the molecule is CCc1ccc(CNC2CC2)cc1S(=O)(=O)NCC(C)C. The van der Waals surface area contributed by atoms with Gasteiger partial charge in [-0.2, -0.15) is 0 Å². The van der Waals surface area contributed by atoms with Crippen molar-refractivity contribution in [2.24, 2.45) is 5.92 Å². The Kier molecular flexibility index (Phi) is 5.41. The van der Waals surface area contributed by atoms with Gasteiger partial charge in [-0.15, -0.1) is 0 Å². The molecule has 118 valence electrons. The lowest BCUT2D eigenvalue weighted by Gasteiger charge is -2.14. The van der Waals surface area contributed by atoms with Crippen LogP contribution in [-0.2, 0) is 23.0 Å². The van der Waals surface area contributed by atoms with Crippen LogP contribution in [-0.4, -0.2) is 21.0 Å². The molecule has 5 heteroatoms. The quantitative estimate of drug-likeness (QED) is 0.775. The van der Waals surface area contributed by atoms with Crippen LogP contribution in [0.2, 0.25) is 0 Å². The third kappa shape index (κ3) is 4.80. The number of hydrogen-bond acceptors (Lipinski definition) is 3. The molecule has 1 aromatic rings. The summed E-state index contributed by atoms with van der Waals surface area (Å²) in [5.74, 6) is 0.296. The zero-order valence-corrected chi connectivity index (χ0v) is 14.0. The van der Waals surface area contributed by atoms with Crippen molar-refractivity contribution in [3.8, 4) is 0 Å². The molecule has 1 aliphatic carbocycles. The van der Waals surface area contributed by atoms with Crippen molar-refractivity contribution in [2.75, 3.05) is 6.54 Å². The first-order valence-electron chi connectivity index (χ1n) is 7.77. The van der Waals surface area contributed by atoms with Gasteiger partial charge in [-0.1, -0.05) is 32.9 Å². The van der Waals surface area contributed by atoms with E-state index in [0.29, 0.717) is 29.8 Å². The lowest BCUT2D eigenvalue weighted by Crippen LogP contribution is -2.28. The minimum Gasteiger partial charge on any atom is -0.310 e. The second kappa shape index (κ2) is 6.90. The van der Waals surface area contributed by atoms with Crippen molar-refractivity contribution in [3.63, 3.8) is 0 Å². The van der Waals surface area contributed by atoms with Gasteiger partial charge in [-0.05, 0) is 42.4 Å². The van der Waals surface area contributed by atoms with Gasteiger partial charge < -0.3 is 5.32 Å². The normalized spacial score (nSPS) is 15.6. The van der Waals surface area contributed by atoms with Crippen LogP contribution in [0, 0.1) is 5.92 Å². The predicted molar refractivity (Wildman–Crippen MR) is 85.7 cm³/mol. The third-order valence-corrected chi connectivity index (χ3v) is 5.16. The maximum atomic E-state index is 12.5. The second-order valence-corrected chi connectivity index (χ2v) is 7.93. The van der Waals surface area contributed by atoms with Gasteiger partial charge in [0.1, 0.15) is 0 Å². The van der Waals surface area contributed by atoms with E-state index in [1.165, 1.54) is 12.8 Å². The first kappa shape index (κ1) is 16.5. The highest BCUT2D eigenvalue weighted by atomic mass is 32.2. The van der Waals surface area contributed by atoms with Crippen molar-refractivity contribution in [1.29, 1.82) is 0 Å². The molecule has 0 bridgehead atoms. The minimum absolute atomic E-state index is 0.296. The Morgan fingerprint density at radius 1 is 1.29 bits per heavy atom. The first-order chi connectivity index (χ1) is 9.92. The molecule has 0 unspecified atom stereocenters. The van der Waals surface area contributed by atoms with Gasteiger partial charge in [-0.25, -0.2) is 13.1 Å². The molecule has 0 radical (unpaired) electrons. The maximum Gasteiger partial charge on any atom is 0.240 e. The third-order valence-electron chi connectivity index (χ3n) is 3.66. The van der Waals surface area contributed by atoms with E-state index in [1.54, 1.807) is 0 Å². The molecule has 4 nitrogen and oxygen atoms in total. The molecule has 0 atom stereocenters. The molecule has 1 fully saturated rings. The lowest BCUT2D eigenvalue weighted by molar-refractivity contribution is 0.559. The summed E-state index contributed by atoms with van der Waals surface area (Å²) in [6.07, 6.45) is 3.18. The molecule has 1 aliphatic rings. The fourth-order valence-electron chi connectivity index (χ4n) is 2.15. The van der Waals surface area contributed by atoms with Crippen LogP contribution in [0.1, 0.15) is 44.7 Å². The summed E-state index contributed by atoms with van der Waals surface area (Å²) < 4.78 is 27.7. The van der Waals surface area contributed by atoms with Crippen LogP contribution in [0.4, 0.5) is 0 Å². The van der Waals surface area contributed by atoms with E-state index in [0.717, 1.165) is 17.7 Å². The molecule has 2 N–H and O–H groups in total. The van der Waals surface area contributed by atoms with Crippen molar-refractivity contribution in [2.45, 2.75) is 57.5 Å². The summed E-state index contributed by atoms with van der Waals surface area (Å²) in [4.78, 5) is 0.431. The van der Waals surface area contributed by atoms with Crippen molar-refractivity contribution in [3.05, 3.63) is 29.3 Å².